The van der Waals surface area contributed by atoms with Gasteiger partial charge in [0.25, 0.3) is 0 Å². The average Bonchev–Trinajstić information content (AvgIpc) is 2.75. The minimum atomic E-state index is 0.533. The summed E-state index contributed by atoms with van der Waals surface area (Å²) in [6.45, 7) is 3.15. The zero-order valence-electron chi connectivity index (χ0n) is 12.8. The van der Waals surface area contributed by atoms with Crippen molar-refractivity contribution in [2.75, 3.05) is 7.05 Å². The van der Waals surface area contributed by atoms with Crippen LogP contribution in [0.5, 0.6) is 0 Å². The van der Waals surface area contributed by atoms with Crippen LogP contribution >= 0.6 is 23.2 Å². The van der Waals surface area contributed by atoms with Gasteiger partial charge in [-0.25, -0.2) is 0 Å². The molecule has 5 nitrogen and oxygen atoms in total. The Morgan fingerprint density at radius 2 is 2.00 bits per heavy atom. The molecule has 0 unspecified atom stereocenters. The van der Waals surface area contributed by atoms with Crippen molar-refractivity contribution in [2.24, 2.45) is 12.0 Å². The van der Waals surface area contributed by atoms with Crippen LogP contribution < -0.4 is 10.6 Å². The third-order valence-corrected chi connectivity index (χ3v) is 4.10. The summed E-state index contributed by atoms with van der Waals surface area (Å²) in [6, 6.07) is 7.78. The number of rotatable bonds is 4. The number of guanidine groups is 1. The van der Waals surface area contributed by atoms with Crippen molar-refractivity contribution in [3.05, 3.63) is 51.5 Å². The van der Waals surface area contributed by atoms with Crippen LogP contribution in [0.2, 0.25) is 10.2 Å². The molecular formula is C15H19Cl2N5. The lowest BCUT2D eigenvalue weighted by molar-refractivity contribution is 0.745. The molecule has 0 aromatic carbocycles. The molecule has 0 saturated heterocycles. The Bertz CT molecular complexity index is 679. The van der Waals surface area contributed by atoms with Gasteiger partial charge in [0.15, 0.2) is 5.96 Å². The Morgan fingerprint density at radius 1 is 1.27 bits per heavy atom. The Labute approximate surface area is 140 Å². The first-order valence-electron chi connectivity index (χ1n) is 6.88. The third kappa shape index (κ3) is 4.15. The molecule has 2 N–H and O–H groups in total. The summed E-state index contributed by atoms with van der Waals surface area (Å²) in [7, 11) is 3.60. The van der Waals surface area contributed by atoms with Crippen LogP contribution in [-0.4, -0.2) is 22.6 Å². The molecule has 0 amide bonds. The molecule has 2 heterocycles. The number of nitrogens with zero attached hydrogens (tertiary/aromatic N) is 3. The fraction of sp³-hybridized carbons (Fsp3) is 0.333. The second-order valence-corrected chi connectivity index (χ2v) is 5.65. The number of hydrogen-bond donors (Lipinski definition) is 2. The first-order valence-corrected chi connectivity index (χ1v) is 7.63. The lowest BCUT2D eigenvalue weighted by Gasteiger charge is -2.12. The maximum Gasteiger partial charge on any atom is 0.191 e. The van der Waals surface area contributed by atoms with Gasteiger partial charge in [0.2, 0.25) is 0 Å². The Kier molecular flexibility index (Phi) is 5.69. The molecule has 2 aromatic rings. The minimum absolute atomic E-state index is 0.533. The highest BCUT2D eigenvalue weighted by atomic mass is 35.5. The molecule has 0 spiro atoms. The third-order valence-electron chi connectivity index (χ3n) is 3.26. The molecule has 22 heavy (non-hydrogen) atoms. The van der Waals surface area contributed by atoms with Crippen molar-refractivity contribution in [3.8, 4) is 0 Å². The molecule has 0 aliphatic carbocycles. The maximum absolute atomic E-state index is 6.05. The van der Waals surface area contributed by atoms with Crippen molar-refractivity contribution in [2.45, 2.75) is 20.0 Å². The van der Waals surface area contributed by atoms with Gasteiger partial charge in [-0.3, -0.25) is 9.98 Å². The van der Waals surface area contributed by atoms with Gasteiger partial charge in [-0.1, -0.05) is 29.3 Å². The Hall–Kier alpha value is -1.72. The first-order chi connectivity index (χ1) is 10.5. The fourth-order valence-corrected chi connectivity index (χ4v) is 2.44. The van der Waals surface area contributed by atoms with Crippen molar-refractivity contribution >= 4 is 29.2 Å². The summed E-state index contributed by atoms with van der Waals surface area (Å²) in [5.74, 6) is 0.691. The molecule has 118 valence electrons. The summed E-state index contributed by atoms with van der Waals surface area (Å²) in [4.78, 5) is 8.63. The summed E-state index contributed by atoms with van der Waals surface area (Å²) in [6.07, 6.45) is 0. The molecule has 0 fully saturated rings. The van der Waals surface area contributed by atoms with Crippen molar-refractivity contribution in [1.82, 2.24) is 20.2 Å². The van der Waals surface area contributed by atoms with E-state index in [1.165, 1.54) is 0 Å². The summed E-state index contributed by atoms with van der Waals surface area (Å²) in [5.41, 5.74) is 2.94. The summed E-state index contributed by atoms with van der Waals surface area (Å²) >= 11 is 12.1. The normalized spacial score (nSPS) is 11.6. The first kappa shape index (κ1) is 16.6. The highest BCUT2D eigenvalue weighted by Gasteiger charge is 2.09. The van der Waals surface area contributed by atoms with Gasteiger partial charge in [-0.05, 0) is 25.1 Å². The van der Waals surface area contributed by atoms with Crippen molar-refractivity contribution < 1.29 is 0 Å². The van der Waals surface area contributed by atoms with E-state index < -0.39 is 0 Å². The van der Waals surface area contributed by atoms with E-state index >= 15 is 0 Å². The Morgan fingerprint density at radius 3 is 2.59 bits per heavy atom. The van der Waals surface area contributed by atoms with E-state index in [2.05, 4.69) is 20.6 Å². The van der Waals surface area contributed by atoms with Crippen LogP contribution in [0.3, 0.4) is 0 Å². The predicted octanol–water partition coefficient (Wildman–Crippen LogP) is 2.90. The standard InChI is InChI=1S/C15H19Cl2N5/c1-10-5-4-6-11(21-10)8-19-15(18-2)20-9-12-7-13(16)14(17)22(12)3/h4-7H,8-9H2,1-3H3,(H2,18,19,20). The zero-order valence-corrected chi connectivity index (χ0v) is 14.3. The molecule has 7 heteroatoms. The fourth-order valence-electron chi connectivity index (χ4n) is 2.03. The molecule has 2 rings (SSSR count). The minimum Gasteiger partial charge on any atom is -0.351 e. The van der Waals surface area contributed by atoms with E-state index in [0.29, 0.717) is 29.2 Å². The van der Waals surface area contributed by atoms with Gasteiger partial charge >= 0.3 is 0 Å². The van der Waals surface area contributed by atoms with Crippen LogP contribution in [0.15, 0.2) is 29.3 Å². The number of hydrogen-bond acceptors (Lipinski definition) is 2. The number of pyridine rings is 1. The lowest BCUT2D eigenvalue weighted by Crippen LogP contribution is -2.36. The number of aromatic nitrogens is 2. The van der Waals surface area contributed by atoms with E-state index in [1.807, 2.05) is 42.8 Å². The largest absolute Gasteiger partial charge is 0.351 e. The topological polar surface area (TPSA) is 54.2 Å². The summed E-state index contributed by atoms with van der Waals surface area (Å²) < 4.78 is 1.84. The lowest BCUT2D eigenvalue weighted by atomic mass is 10.3. The predicted molar refractivity (Wildman–Crippen MR) is 91.4 cm³/mol. The molecule has 0 bridgehead atoms. The van der Waals surface area contributed by atoms with Gasteiger partial charge < -0.3 is 15.2 Å². The smallest absolute Gasteiger partial charge is 0.191 e. The number of aryl methyl sites for hydroxylation is 1. The van der Waals surface area contributed by atoms with Crippen LogP contribution in [0, 0.1) is 6.92 Å². The number of aliphatic imine (C=N–C) groups is 1. The molecule has 0 saturated carbocycles. The molecule has 0 aliphatic heterocycles. The monoisotopic (exact) mass is 339 g/mol. The van der Waals surface area contributed by atoms with Crippen LogP contribution in [0.4, 0.5) is 0 Å². The second-order valence-electron chi connectivity index (χ2n) is 4.88. The van der Waals surface area contributed by atoms with Gasteiger partial charge in [0, 0.05) is 25.5 Å². The van der Waals surface area contributed by atoms with E-state index in [-0.39, 0.29) is 0 Å². The Balaban J connectivity index is 1.91. The van der Waals surface area contributed by atoms with E-state index in [9.17, 15) is 0 Å². The molecule has 2 aromatic heterocycles. The highest BCUT2D eigenvalue weighted by Crippen LogP contribution is 2.24. The zero-order chi connectivity index (χ0) is 16.1. The van der Waals surface area contributed by atoms with Gasteiger partial charge in [0.1, 0.15) is 5.15 Å². The average molecular weight is 340 g/mol. The quantitative estimate of drug-likeness (QED) is 0.665. The van der Waals surface area contributed by atoms with Gasteiger partial charge in [-0.2, -0.15) is 0 Å². The van der Waals surface area contributed by atoms with Crippen LogP contribution in [-0.2, 0) is 20.1 Å². The molecular weight excluding hydrogens is 321 g/mol. The van der Waals surface area contributed by atoms with Crippen molar-refractivity contribution in [3.63, 3.8) is 0 Å². The van der Waals surface area contributed by atoms with Crippen LogP contribution in [0.1, 0.15) is 17.1 Å². The summed E-state index contributed by atoms with van der Waals surface area (Å²) in [5, 5.41) is 7.53. The van der Waals surface area contributed by atoms with E-state index in [0.717, 1.165) is 17.1 Å². The number of halogens is 2. The molecule has 0 aliphatic rings. The highest BCUT2D eigenvalue weighted by molar-refractivity contribution is 6.41. The maximum atomic E-state index is 6.05. The molecule has 0 radical (unpaired) electrons. The van der Waals surface area contributed by atoms with Crippen LogP contribution in [0.25, 0.3) is 0 Å². The van der Waals surface area contributed by atoms with E-state index in [4.69, 9.17) is 23.2 Å². The van der Waals surface area contributed by atoms with Gasteiger partial charge in [-0.15, -0.1) is 0 Å². The van der Waals surface area contributed by atoms with Gasteiger partial charge in [0.05, 0.1) is 23.8 Å². The number of nitrogens with one attached hydrogen (secondary N) is 2. The SMILES string of the molecule is CN=C(NCc1cccc(C)n1)NCc1cc(Cl)c(Cl)n1C. The van der Waals surface area contributed by atoms with Crippen molar-refractivity contribution in [1.29, 1.82) is 0 Å². The molecule has 0 atom stereocenters. The second kappa shape index (κ2) is 7.51. The van der Waals surface area contributed by atoms with E-state index in [1.54, 1.807) is 7.05 Å².